The fourth-order valence-electron chi connectivity index (χ4n) is 4.50. The number of nitrogens with zero attached hydrogens (tertiary/aromatic N) is 2. The van der Waals surface area contributed by atoms with Crippen molar-refractivity contribution in [1.29, 1.82) is 0 Å². The first-order chi connectivity index (χ1) is 13.9. The van der Waals surface area contributed by atoms with Crippen molar-refractivity contribution in [2.24, 2.45) is 13.0 Å². The molecule has 2 heterocycles. The molecular formula is C22H29N3O3S. The molecule has 1 aromatic carbocycles. The van der Waals surface area contributed by atoms with Gasteiger partial charge in [-0.1, -0.05) is 19.1 Å². The molecule has 7 heteroatoms. The predicted molar refractivity (Wildman–Crippen MR) is 114 cm³/mol. The lowest BCUT2D eigenvalue weighted by Crippen LogP contribution is -2.38. The Morgan fingerprint density at radius 1 is 1.17 bits per heavy atom. The summed E-state index contributed by atoms with van der Waals surface area (Å²) < 4.78 is 29.3. The number of aryl methyl sites for hydroxylation is 2. The van der Waals surface area contributed by atoms with Gasteiger partial charge in [-0.2, -0.15) is 4.31 Å². The van der Waals surface area contributed by atoms with Gasteiger partial charge in [0.25, 0.3) is 5.91 Å². The van der Waals surface area contributed by atoms with Crippen LogP contribution in [0.2, 0.25) is 0 Å². The topological polar surface area (TPSA) is 71.4 Å². The van der Waals surface area contributed by atoms with E-state index in [1.807, 2.05) is 12.1 Å². The van der Waals surface area contributed by atoms with Gasteiger partial charge in [-0.3, -0.25) is 4.79 Å². The molecule has 1 unspecified atom stereocenters. The Hall–Kier alpha value is -2.12. The summed E-state index contributed by atoms with van der Waals surface area (Å²) in [5.41, 5.74) is 3.68. The van der Waals surface area contributed by atoms with Crippen LogP contribution in [-0.4, -0.2) is 36.3 Å². The van der Waals surface area contributed by atoms with Crippen LogP contribution in [0.1, 0.15) is 54.2 Å². The maximum atomic E-state index is 13.1. The second-order valence-corrected chi connectivity index (χ2v) is 10.3. The monoisotopic (exact) mass is 415 g/mol. The van der Waals surface area contributed by atoms with Gasteiger partial charge in [-0.25, -0.2) is 8.42 Å². The number of carbonyl (C=O) groups excluding carboxylic acids is 1. The van der Waals surface area contributed by atoms with Crippen molar-refractivity contribution in [3.63, 3.8) is 0 Å². The molecule has 156 valence electrons. The van der Waals surface area contributed by atoms with Gasteiger partial charge < -0.3 is 9.88 Å². The number of hydrogen-bond acceptors (Lipinski definition) is 3. The Labute approximate surface area is 173 Å². The SMILES string of the molecule is CC1CCCN(S(=O)(=O)c2cc(C(=O)Nc3cccc4c3CCCC4)n(C)c2)C1. The number of sulfonamides is 1. The molecule has 29 heavy (non-hydrogen) atoms. The van der Waals surface area contributed by atoms with Crippen LogP contribution in [0.25, 0.3) is 0 Å². The quantitative estimate of drug-likeness (QED) is 0.830. The zero-order valence-corrected chi connectivity index (χ0v) is 18.0. The van der Waals surface area contributed by atoms with E-state index < -0.39 is 10.0 Å². The fraction of sp³-hybridized carbons (Fsp3) is 0.500. The summed E-state index contributed by atoms with van der Waals surface area (Å²) in [5.74, 6) is 0.0780. The number of benzene rings is 1. The zero-order chi connectivity index (χ0) is 20.6. The molecule has 0 saturated carbocycles. The highest BCUT2D eigenvalue weighted by Crippen LogP contribution is 2.29. The number of carbonyl (C=O) groups is 1. The van der Waals surface area contributed by atoms with E-state index in [2.05, 4.69) is 18.3 Å². The smallest absolute Gasteiger partial charge is 0.272 e. The summed E-state index contributed by atoms with van der Waals surface area (Å²) >= 11 is 0. The average Bonchev–Trinajstić information content (AvgIpc) is 3.11. The highest BCUT2D eigenvalue weighted by molar-refractivity contribution is 7.89. The van der Waals surface area contributed by atoms with Gasteiger partial charge in [-0.15, -0.1) is 0 Å². The summed E-state index contributed by atoms with van der Waals surface area (Å²) in [7, 11) is -1.87. The molecular weight excluding hydrogens is 386 g/mol. The lowest BCUT2D eigenvalue weighted by molar-refractivity contribution is 0.101. The van der Waals surface area contributed by atoms with E-state index in [1.54, 1.807) is 22.1 Å². The highest BCUT2D eigenvalue weighted by Gasteiger charge is 2.30. The van der Waals surface area contributed by atoms with Gasteiger partial charge in [0.1, 0.15) is 10.6 Å². The minimum Gasteiger partial charge on any atom is -0.345 e. The van der Waals surface area contributed by atoms with Crippen molar-refractivity contribution in [3.8, 4) is 0 Å². The van der Waals surface area contributed by atoms with Crippen molar-refractivity contribution in [2.45, 2.75) is 50.3 Å². The maximum Gasteiger partial charge on any atom is 0.272 e. The molecule has 1 aliphatic carbocycles. The van der Waals surface area contributed by atoms with E-state index in [1.165, 1.54) is 23.6 Å². The minimum absolute atomic E-state index is 0.189. The Morgan fingerprint density at radius 2 is 1.97 bits per heavy atom. The van der Waals surface area contributed by atoms with Crippen LogP contribution in [-0.2, 0) is 29.9 Å². The maximum absolute atomic E-state index is 13.1. The second-order valence-electron chi connectivity index (χ2n) is 8.39. The largest absolute Gasteiger partial charge is 0.345 e. The number of fused-ring (bicyclic) bond motifs is 1. The molecule has 1 atom stereocenters. The zero-order valence-electron chi connectivity index (χ0n) is 17.1. The van der Waals surface area contributed by atoms with Crippen molar-refractivity contribution in [1.82, 2.24) is 8.87 Å². The Bertz CT molecular complexity index is 1030. The number of nitrogens with one attached hydrogen (secondary N) is 1. The van der Waals surface area contributed by atoms with Gasteiger partial charge in [0, 0.05) is 32.0 Å². The Morgan fingerprint density at radius 3 is 2.76 bits per heavy atom. The number of rotatable bonds is 4. The van der Waals surface area contributed by atoms with Gasteiger partial charge in [0.2, 0.25) is 10.0 Å². The molecule has 1 aromatic heterocycles. The first-order valence-electron chi connectivity index (χ1n) is 10.4. The Kier molecular flexibility index (Phi) is 5.53. The van der Waals surface area contributed by atoms with Crippen molar-refractivity contribution in [2.75, 3.05) is 18.4 Å². The molecule has 2 aromatic rings. The van der Waals surface area contributed by atoms with E-state index >= 15 is 0 Å². The number of aromatic nitrogens is 1. The van der Waals surface area contributed by atoms with E-state index in [9.17, 15) is 13.2 Å². The molecule has 1 saturated heterocycles. The summed E-state index contributed by atoms with van der Waals surface area (Å²) in [6.07, 6.45) is 7.78. The lowest BCUT2D eigenvalue weighted by Gasteiger charge is -2.29. The lowest BCUT2D eigenvalue weighted by atomic mass is 9.90. The third-order valence-corrected chi connectivity index (χ3v) is 7.94. The fourth-order valence-corrected chi connectivity index (χ4v) is 6.17. The standard InChI is InChI=1S/C22H29N3O3S/c1-16-7-6-12-25(14-16)29(27,28)18-13-21(24(2)15-18)22(26)23-20-11-5-9-17-8-3-4-10-19(17)20/h5,9,11,13,15-16H,3-4,6-8,10,12,14H2,1-2H3,(H,23,26). The van der Waals surface area contributed by atoms with Crippen LogP contribution in [0.5, 0.6) is 0 Å². The number of anilines is 1. The van der Waals surface area contributed by atoms with E-state index in [0.717, 1.165) is 37.8 Å². The van der Waals surface area contributed by atoms with E-state index in [-0.39, 0.29) is 10.8 Å². The first kappa shape index (κ1) is 20.2. The summed E-state index contributed by atoms with van der Waals surface area (Å²) in [6.45, 7) is 3.15. The second kappa shape index (κ2) is 7.95. The normalized spacial score (nSPS) is 20.3. The molecule has 1 N–H and O–H groups in total. The molecule has 6 nitrogen and oxygen atoms in total. The highest BCUT2D eigenvalue weighted by atomic mass is 32.2. The van der Waals surface area contributed by atoms with Crippen LogP contribution in [0, 0.1) is 5.92 Å². The van der Waals surface area contributed by atoms with Crippen LogP contribution in [0.4, 0.5) is 5.69 Å². The molecule has 2 aliphatic rings. The molecule has 1 fully saturated rings. The first-order valence-corrected chi connectivity index (χ1v) is 11.9. The van der Waals surface area contributed by atoms with Gasteiger partial charge in [0.05, 0.1) is 0 Å². The summed E-state index contributed by atoms with van der Waals surface area (Å²) in [5, 5.41) is 3.01. The van der Waals surface area contributed by atoms with Gasteiger partial charge in [0.15, 0.2) is 0 Å². The number of piperidine rings is 1. The van der Waals surface area contributed by atoms with Crippen molar-refractivity contribution >= 4 is 21.6 Å². The summed E-state index contributed by atoms with van der Waals surface area (Å²) in [4.78, 5) is 13.1. The van der Waals surface area contributed by atoms with Gasteiger partial charge >= 0.3 is 0 Å². The van der Waals surface area contributed by atoms with E-state index in [4.69, 9.17) is 0 Å². The third-order valence-electron chi connectivity index (χ3n) is 6.11. The van der Waals surface area contributed by atoms with Crippen LogP contribution in [0.3, 0.4) is 0 Å². The average molecular weight is 416 g/mol. The molecule has 0 bridgehead atoms. The number of amides is 1. The van der Waals surface area contributed by atoms with E-state index in [0.29, 0.717) is 24.7 Å². The van der Waals surface area contributed by atoms with Crippen LogP contribution < -0.4 is 5.32 Å². The van der Waals surface area contributed by atoms with Crippen LogP contribution >= 0.6 is 0 Å². The summed E-state index contributed by atoms with van der Waals surface area (Å²) in [6, 6.07) is 7.52. The minimum atomic E-state index is -3.58. The number of hydrogen-bond donors (Lipinski definition) is 1. The molecule has 0 radical (unpaired) electrons. The molecule has 0 spiro atoms. The molecule has 4 rings (SSSR count). The Balaban J connectivity index is 1.57. The predicted octanol–water partition coefficient (Wildman–Crippen LogP) is 3.58. The molecule has 1 amide bonds. The van der Waals surface area contributed by atoms with Crippen LogP contribution in [0.15, 0.2) is 35.4 Å². The van der Waals surface area contributed by atoms with Gasteiger partial charge in [-0.05, 0) is 67.7 Å². The molecule has 1 aliphatic heterocycles. The van der Waals surface area contributed by atoms with Crippen molar-refractivity contribution < 1.29 is 13.2 Å². The third kappa shape index (κ3) is 3.98. The van der Waals surface area contributed by atoms with Crippen molar-refractivity contribution in [3.05, 3.63) is 47.3 Å².